The summed E-state index contributed by atoms with van der Waals surface area (Å²) in [5, 5.41) is 12.0. The van der Waals surface area contributed by atoms with Gasteiger partial charge in [0, 0.05) is 17.8 Å². The van der Waals surface area contributed by atoms with E-state index in [4.69, 9.17) is 5.11 Å². The number of aromatic amines is 1. The van der Waals surface area contributed by atoms with Crippen molar-refractivity contribution in [2.24, 2.45) is 0 Å². The lowest BCUT2D eigenvalue weighted by Crippen LogP contribution is -2.24. The van der Waals surface area contributed by atoms with E-state index in [1.54, 1.807) is 6.92 Å². The van der Waals surface area contributed by atoms with Crippen molar-refractivity contribution in [1.82, 2.24) is 15.3 Å². The van der Waals surface area contributed by atoms with Gasteiger partial charge in [-0.25, -0.2) is 9.78 Å². The molecule has 0 radical (unpaired) electrons. The van der Waals surface area contributed by atoms with Crippen LogP contribution in [0.3, 0.4) is 0 Å². The average molecular weight is 293 g/mol. The number of rotatable bonds is 4. The lowest BCUT2D eigenvalue weighted by molar-refractivity contribution is 0.0701. The number of aryl methyl sites for hydroxylation is 1. The van der Waals surface area contributed by atoms with Gasteiger partial charge in [0.2, 0.25) is 5.56 Å². The van der Waals surface area contributed by atoms with Crippen molar-refractivity contribution in [3.05, 3.63) is 49.8 Å². The quantitative estimate of drug-likeness (QED) is 0.770. The summed E-state index contributed by atoms with van der Waals surface area (Å²) in [6.07, 6.45) is 1.38. The fraction of sp³-hybridized carbons (Fsp3) is 0.167. The van der Waals surface area contributed by atoms with Gasteiger partial charge in [0.1, 0.15) is 9.88 Å². The van der Waals surface area contributed by atoms with Crippen LogP contribution in [0.25, 0.3) is 0 Å². The van der Waals surface area contributed by atoms with Gasteiger partial charge < -0.3 is 15.4 Å². The number of H-pyrrole nitrogens is 1. The van der Waals surface area contributed by atoms with E-state index in [0.29, 0.717) is 10.7 Å². The minimum Gasteiger partial charge on any atom is -0.477 e. The fourth-order valence-corrected chi connectivity index (χ4v) is 2.41. The molecule has 0 bridgehead atoms. The van der Waals surface area contributed by atoms with Crippen LogP contribution in [0, 0.1) is 6.92 Å². The van der Waals surface area contributed by atoms with Crippen molar-refractivity contribution in [2.45, 2.75) is 13.5 Å². The molecule has 0 aliphatic carbocycles. The third kappa shape index (κ3) is 3.09. The van der Waals surface area contributed by atoms with Crippen LogP contribution in [0.1, 0.15) is 30.7 Å². The number of pyridine rings is 1. The topological polar surface area (TPSA) is 112 Å². The lowest BCUT2D eigenvalue weighted by Gasteiger charge is -2.02. The SMILES string of the molecule is Cc1nc(CNC(=O)c2cc[nH]c(=O)c2)sc1C(=O)O. The molecule has 20 heavy (non-hydrogen) atoms. The Morgan fingerprint density at radius 2 is 2.25 bits per heavy atom. The number of carbonyl (C=O) groups is 2. The summed E-state index contributed by atoms with van der Waals surface area (Å²) in [6.45, 7) is 1.71. The molecule has 0 spiro atoms. The second-order valence-corrected chi connectivity index (χ2v) is 5.04. The smallest absolute Gasteiger partial charge is 0.347 e. The van der Waals surface area contributed by atoms with Crippen molar-refractivity contribution in [2.75, 3.05) is 0 Å². The van der Waals surface area contributed by atoms with Crippen LogP contribution in [0.15, 0.2) is 23.1 Å². The second-order valence-electron chi connectivity index (χ2n) is 3.95. The molecule has 0 saturated carbocycles. The molecule has 0 atom stereocenters. The van der Waals surface area contributed by atoms with Gasteiger partial charge in [-0.2, -0.15) is 0 Å². The van der Waals surface area contributed by atoms with Crippen LogP contribution >= 0.6 is 11.3 Å². The Hall–Kier alpha value is -2.48. The Bertz CT molecular complexity index is 719. The van der Waals surface area contributed by atoms with Crippen LogP contribution in [0.5, 0.6) is 0 Å². The van der Waals surface area contributed by atoms with Gasteiger partial charge in [-0.1, -0.05) is 0 Å². The molecular formula is C12H11N3O4S. The molecule has 3 N–H and O–H groups in total. The molecule has 0 fully saturated rings. The van der Waals surface area contributed by atoms with Crippen molar-refractivity contribution in [3.63, 3.8) is 0 Å². The zero-order valence-electron chi connectivity index (χ0n) is 10.5. The standard InChI is InChI=1S/C12H11N3O4S/c1-6-10(12(18)19)20-9(15-6)5-14-11(17)7-2-3-13-8(16)4-7/h2-4H,5H2,1H3,(H,13,16)(H,14,17)(H,18,19). The Labute approximate surface area is 117 Å². The van der Waals surface area contributed by atoms with E-state index in [1.807, 2.05) is 0 Å². The maximum Gasteiger partial charge on any atom is 0.347 e. The van der Waals surface area contributed by atoms with Gasteiger partial charge in [0.15, 0.2) is 0 Å². The molecule has 0 unspecified atom stereocenters. The Morgan fingerprint density at radius 3 is 2.85 bits per heavy atom. The Kier molecular flexibility index (Phi) is 3.94. The molecule has 2 rings (SSSR count). The van der Waals surface area contributed by atoms with E-state index < -0.39 is 11.9 Å². The highest BCUT2D eigenvalue weighted by atomic mass is 32.1. The molecule has 2 aromatic rings. The normalized spacial score (nSPS) is 10.2. The first kappa shape index (κ1) is 13.9. The number of amides is 1. The third-order valence-corrected chi connectivity index (χ3v) is 3.62. The summed E-state index contributed by atoms with van der Waals surface area (Å²) in [4.78, 5) is 40.4. The summed E-state index contributed by atoms with van der Waals surface area (Å²) in [5.41, 5.74) is 0.291. The van der Waals surface area contributed by atoms with Crippen LogP contribution in [0.4, 0.5) is 0 Å². The number of carbonyl (C=O) groups excluding carboxylic acids is 1. The highest BCUT2D eigenvalue weighted by Crippen LogP contribution is 2.17. The molecule has 7 nitrogen and oxygen atoms in total. The highest BCUT2D eigenvalue weighted by Gasteiger charge is 2.14. The highest BCUT2D eigenvalue weighted by molar-refractivity contribution is 7.13. The first-order valence-corrected chi connectivity index (χ1v) is 6.45. The largest absolute Gasteiger partial charge is 0.477 e. The van der Waals surface area contributed by atoms with E-state index in [1.165, 1.54) is 18.3 Å². The lowest BCUT2D eigenvalue weighted by atomic mass is 10.2. The van der Waals surface area contributed by atoms with Crippen molar-refractivity contribution >= 4 is 23.2 Å². The average Bonchev–Trinajstić information content (AvgIpc) is 2.77. The molecule has 104 valence electrons. The van der Waals surface area contributed by atoms with Gasteiger partial charge in [-0.15, -0.1) is 11.3 Å². The Morgan fingerprint density at radius 1 is 1.50 bits per heavy atom. The number of hydrogen-bond acceptors (Lipinski definition) is 5. The summed E-state index contributed by atoms with van der Waals surface area (Å²) in [5.74, 6) is -1.45. The summed E-state index contributed by atoms with van der Waals surface area (Å²) in [7, 11) is 0. The number of carboxylic acid groups (broad SMARTS) is 1. The van der Waals surface area contributed by atoms with E-state index in [-0.39, 0.29) is 22.5 Å². The number of nitrogens with zero attached hydrogens (tertiary/aromatic N) is 1. The molecule has 0 aliphatic rings. The fourth-order valence-electron chi connectivity index (χ4n) is 1.57. The Balaban J connectivity index is 2.05. The van der Waals surface area contributed by atoms with Gasteiger partial charge in [0.05, 0.1) is 12.2 Å². The van der Waals surface area contributed by atoms with Crippen molar-refractivity contribution < 1.29 is 14.7 Å². The maximum absolute atomic E-state index is 11.8. The minimum absolute atomic E-state index is 0.115. The number of nitrogens with one attached hydrogen (secondary N) is 2. The van der Waals surface area contributed by atoms with Crippen LogP contribution in [0.2, 0.25) is 0 Å². The van der Waals surface area contributed by atoms with E-state index in [2.05, 4.69) is 15.3 Å². The van der Waals surface area contributed by atoms with Gasteiger partial charge in [-0.3, -0.25) is 9.59 Å². The summed E-state index contributed by atoms with van der Waals surface area (Å²) >= 11 is 1.01. The summed E-state index contributed by atoms with van der Waals surface area (Å²) in [6, 6.07) is 2.66. The number of aromatic nitrogens is 2. The molecule has 2 heterocycles. The zero-order chi connectivity index (χ0) is 14.7. The minimum atomic E-state index is -1.04. The maximum atomic E-state index is 11.8. The van der Waals surface area contributed by atoms with E-state index in [0.717, 1.165) is 11.3 Å². The molecular weight excluding hydrogens is 282 g/mol. The third-order valence-electron chi connectivity index (χ3n) is 2.47. The van der Waals surface area contributed by atoms with Gasteiger partial charge in [-0.05, 0) is 13.0 Å². The number of thiazole rings is 1. The second kappa shape index (κ2) is 5.66. The van der Waals surface area contributed by atoms with Crippen LogP contribution in [-0.4, -0.2) is 27.0 Å². The predicted molar refractivity (Wildman–Crippen MR) is 72.0 cm³/mol. The monoisotopic (exact) mass is 293 g/mol. The summed E-state index contributed by atoms with van der Waals surface area (Å²) < 4.78 is 0. The molecule has 2 aromatic heterocycles. The first-order chi connectivity index (χ1) is 9.47. The van der Waals surface area contributed by atoms with E-state index >= 15 is 0 Å². The number of aromatic carboxylic acids is 1. The zero-order valence-corrected chi connectivity index (χ0v) is 11.3. The van der Waals surface area contributed by atoms with Crippen LogP contribution < -0.4 is 10.9 Å². The van der Waals surface area contributed by atoms with Gasteiger partial charge in [0.25, 0.3) is 5.91 Å². The molecule has 0 saturated heterocycles. The number of carboxylic acids is 1. The molecule has 0 aromatic carbocycles. The van der Waals surface area contributed by atoms with Gasteiger partial charge >= 0.3 is 5.97 Å². The van der Waals surface area contributed by atoms with Crippen LogP contribution in [-0.2, 0) is 6.54 Å². The van der Waals surface area contributed by atoms with Crippen molar-refractivity contribution in [1.29, 1.82) is 0 Å². The first-order valence-electron chi connectivity index (χ1n) is 5.64. The predicted octanol–water partition coefficient (Wildman–Crippen LogP) is 0.768. The van der Waals surface area contributed by atoms with E-state index in [9.17, 15) is 14.4 Å². The van der Waals surface area contributed by atoms with Crippen molar-refractivity contribution in [3.8, 4) is 0 Å². The molecule has 0 aliphatic heterocycles. The molecule has 8 heteroatoms. The molecule has 1 amide bonds. The number of hydrogen-bond donors (Lipinski definition) is 3.